The van der Waals surface area contributed by atoms with Crippen molar-refractivity contribution in [2.75, 3.05) is 0 Å². The van der Waals surface area contributed by atoms with E-state index < -0.39 is 29.9 Å². The molecule has 0 aliphatic rings. The second-order valence-corrected chi connectivity index (χ2v) is 6.47. The summed E-state index contributed by atoms with van der Waals surface area (Å²) in [5.74, 6) is -5.10. The molecule has 0 spiro atoms. The Kier molecular flexibility index (Phi) is 5.50. The minimum Gasteiger partial charge on any atom is -0.481 e. The van der Waals surface area contributed by atoms with E-state index in [1.54, 1.807) is 6.07 Å². The second kappa shape index (κ2) is 6.78. The molecule has 23 heavy (non-hydrogen) atoms. The highest BCUT2D eigenvalue weighted by molar-refractivity contribution is 5.88. The molecule has 7 nitrogen and oxygen atoms in total. The number of hydrogen-bond donors (Lipinski definition) is 4. The van der Waals surface area contributed by atoms with E-state index in [0.717, 1.165) is 0 Å². The number of benzene rings is 1. The molecule has 126 valence electrons. The van der Waals surface area contributed by atoms with Gasteiger partial charge in [-0.25, -0.2) is 4.79 Å². The smallest absolute Gasteiger partial charge is 0.335 e. The second-order valence-electron chi connectivity index (χ2n) is 6.47. The van der Waals surface area contributed by atoms with Gasteiger partial charge in [-0.2, -0.15) is 0 Å². The van der Waals surface area contributed by atoms with Crippen molar-refractivity contribution in [3.05, 3.63) is 34.9 Å². The van der Waals surface area contributed by atoms with E-state index in [4.69, 9.17) is 5.73 Å². The van der Waals surface area contributed by atoms with Gasteiger partial charge in [0.25, 0.3) is 0 Å². The van der Waals surface area contributed by atoms with Crippen LogP contribution in [-0.2, 0) is 21.4 Å². The fourth-order valence-corrected chi connectivity index (χ4v) is 2.15. The summed E-state index contributed by atoms with van der Waals surface area (Å²) in [7, 11) is 0. The molecule has 1 rings (SSSR count). The number of carbonyl (C=O) groups is 3. The van der Waals surface area contributed by atoms with E-state index in [-0.39, 0.29) is 17.4 Å². The Morgan fingerprint density at radius 2 is 1.70 bits per heavy atom. The molecule has 0 saturated heterocycles. The number of hydrogen-bond acceptors (Lipinski definition) is 4. The van der Waals surface area contributed by atoms with E-state index in [2.05, 4.69) is 0 Å². The maximum atomic E-state index is 11.3. The zero-order valence-electron chi connectivity index (χ0n) is 13.2. The quantitative estimate of drug-likeness (QED) is 0.610. The predicted molar refractivity (Wildman–Crippen MR) is 82.1 cm³/mol. The van der Waals surface area contributed by atoms with Crippen LogP contribution in [0.4, 0.5) is 0 Å². The average molecular weight is 323 g/mol. The molecule has 1 aromatic carbocycles. The number of primary amides is 1. The number of carboxylic acids is 2. The van der Waals surface area contributed by atoms with Crippen molar-refractivity contribution in [1.29, 1.82) is 0 Å². The van der Waals surface area contributed by atoms with Crippen LogP contribution >= 0.6 is 0 Å². The lowest BCUT2D eigenvalue weighted by molar-refractivity contribution is -0.150. The maximum absolute atomic E-state index is 11.3. The van der Waals surface area contributed by atoms with Crippen LogP contribution < -0.4 is 5.73 Å². The minimum absolute atomic E-state index is 0.0186. The first-order chi connectivity index (χ1) is 10.4. The summed E-state index contributed by atoms with van der Waals surface area (Å²) in [5.41, 5.74) is 5.75. The Morgan fingerprint density at radius 1 is 1.13 bits per heavy atom. The van der Waals surface area contributed by atoms with Gasteiger partial charge < -0.3 is 21.1 Å². The van der Waals surface area contributed by atoms with Crippen LogP contribution in [0.2, 0.25) is 0 Å². The van der Waals surface area contributed by atoms with Gasteiger partial charge in [-0.15, -0.1) is 0 Å². The first kappa shape index (κ1) is 18.6. The van der Waals surface area contributed by atoms with Crippen molar-refractivity contribution in [3.8, 4) is 0 Å². The number of rotatable bonds is 6. The van der Waals surface area contributed by atoms with Crippen molar-refractivity contribution >= 4 is 17.8 Å². The van der Waals surface area contributed by atoms with Crippen molar-refractivity contribution in [1.82, 2.24) is 0 Å². The number of carbonyl (C=O) groups excluding carboxylic acids is 1. The molecule has 5 N–H and O–H groups in total. The maximum Gasteiger partial charge on any atom is 0.335 e. The Hall–Kier alpha value is -2.41. The molecular weight excluding hydrogens is 302 g/mol. The number of aliphatic carboxylic acids is 1. The van der Waals surface area contributed by atoms with Crippen LogP contribution in [0.15, 0.2) is 18.2 Å². The molecule has 0 aromatic heterocycles. The molecule has 2 atom stereocenters. The lowest BCUT2D eigenvalue weighted by Crippen LogP contribution is -2.40. The number of amides is 1. The summed E-state index contributed by atoms with van der Waals surface area (Å²) < 4.78 is 0. The zero-order chi connectivity index (χ0) is 17.9. The van der Waals surface area contributed by atoms with Gasteiger partial charge in [-0.1, -0.05) is 26.8 Å². The van der Waals surface area contributed by atoms with E-state index in [9.17, 15) is 29.7 Å². The molecule has 0 aliphatic heterocycles. The average Bonchev–Trinajstić information content (AvgIpc) is 2.42. The van der Waals surface area contributed by atoms with Gasteiger partial charge in [0.1, 0.15) is 6.10 Å². The molecule has 0 radical (unpaired) electrons. The van der Waals surface area contributed by atoms with Crippen molar-refractivity contribution in [2.24, 2.45) is 11.7 Å². The number of aromatic carboxylic acids is 1. The standard InChI is InChI=1S/C16H21NO6/c1-16(2,3)10-5-8(4-9(7-10)14(20)21)6-11(15(22)23)12(18)13(17)19/h4-5,7,11-12,18H,6H2,1-3H3,(H2,17,19)(H,20,21)(H,22,23). The predicted octanol–water partition coefficient (Wildman–Crippen LogP) is 0.772. The van der Waals surface area contributed by atoms with Gasteiger partial charge in [-0.3, -0.25) is 9.59 Å². The van der Waals surface area contributed by atoms with Crippen LogP contribution in [0, 0.1) is 5.92 Å². The third kappa shape index (κ3) is 4.79. The SMILES string of the molecule is CC(C)(C)c1cc(CC(C(=O)O)C(O)C(N)=O)cc(C(=O)O)c1. The fraction of sp³-hybridized carbons (Fsp3) is 0.438. The third-order valence-corrected chi connectivity index (χ3v) is 3.55. The summed E-state index contributed by atoms with van der Waals surface area (Å²) in [5, 5.41) is 28.0. The van der Waals surface area contributed by atoms with Crippen molar-refractivity contribution in [2.45, 2.75) is 38.7 Å². The third-order valence-electron chi connectivity index (χ3n) is 3.55. The molecule has 2 unspecified atom stereocenters. The molecule has 0 aliphatic carbocycles. The van der Waals surface area contributed by atoms with Crippen LogP contribution in [-0.4, -0.2) is 39.3 Å². The number of carboxylic acid groups (broad SMARTS) is 2. The van der Waals surface area contributed by atoms with E-state index in [1.807, 2.05) is 20.8 Å². The van der Waals surface area contributed by atoms with Gasteiger partial charge in [-0.05, 0) is 35.1 Å². The van der Waals surface area contributed by atoms with Crippen LogP contribution in [0.5, 0.6) is 0 Å². The highest BCUT2D eigenvalue weighted by Gasteiger charge is 2.31. The molecule has 0 bridgehead atoms. The van der Waals surface area contributed by atoms with Crippen LogP contribution in [0.3, 0.4) is 0 Å². The van der Waals surface area contributed by atoms with E-state index >= 15 is 0 Å². The summed E-state index contributed by atoms with van der Waals surface area (Å²) in [6.45, 7) is 5.68. The molecule has 0 fully saturated rings. The first-order valence-corrected chi connectivity index (χ1v) is 7.01. The van der Waals surface area contributed by atoms with E-state index in [0.29, 0.717) is 11.1 Å². The van der Waals surface area contributed by atoms with Crippen LogP contribution in [0.25, 0.3) is 0 Å². The Morgan fingerprint density at radius 3 is 2.09 bits per heavy atom. The minimum atomic E-state index is -1.85. The molecule has 0 saturated carbocycles. The van der Waals surface area contributed by atoms with Gasteiger partial charge >= 0.3 is 11.9 Å². The highest BCUT2D eigenvalue weighted by Crippen LogP contribution is 2.26. The Labute approximate surface area is 133 Å². The topological polar surface area (TPSA) is 138 Å². The van der Waals surface area contributed by atoms with Crippen LogP contribution in [0.1, 0.15) is 42.3 Å². The van der Waals surface area contributed by atoms with Gasteiger partial charge in [0.2, 0.25) is 5.91 Å². The zero-order valence-corrected chi connectivity index (χ0v) is 13.2. The normalized spacial score (nSPS) is 14.1. The van der Waals surface area contributed by atoms with Gasteiger partial charge in [0, 0.05) is 0 Å². The highest BCUT2D eigenvalue weighted by atomic mass is 16.4. The summed E-state index contributed by atoms with van der Waals surface area (Å²) in [6.07, 6.45) is -2.05. The van der Waals surface area contributed by atoms with Crippen molar-refractivity contribution < 1.29 is 29.7 Å². The lowest BCUT2D eigenvalue weighted by Gasteiger charge is -2.22. The Bertz CT molecular complexity index is 632. The number of nitrogens with two attached hydrogens (primary N) is 1. The summed E-state index contributed by atoms with van der Waals surface area (Å²) in [4.78, 5) is 33.6. The molecule has 0 heterocycles. The molecular formula is C16H21NO6. The fourth-order valence-electron chi connectivity index (χ4n) is 2.15. The largest absolute Gasteiger partial charge is 0.481 e. The first-order valence-electron chi connectivity index (χ1n) is 7.01. The monoisotopic (exact) mass is 323 g/mol. The van der Waals surface area contributed by atoms with Crippen molar-refractivity contribution in [3.63, 3.8) is 0 Å². The molecule has 1 amide bonds. The lowest BCUT2D eigenvalue weighted by atomic mass is 9.83. The van der Waals surface area contributed by atoms with Gasteiger partial charge in [0.05, 0.1) is 11.5 Å². The number of aliphatic hydroxyl groups is 1. The van der Waals surface area contributed by atoms with E-state index in [1.165, 1.54) is 12.1 Å². The molecule has 7 heteroatoms. The summed E-state index contributed by atoms with van der Waals surface area (Å²) in [6, 6.07) is 4.53. The molecule has 1 aromatic rings. The summed E-state index contributed by atoms with van der Waals surface area (Å²) >= 11 is 0. The number of aliphatic hydroxyl groups excluding tert-OH is 1. The van der Waals surface area contributed by atoms with Gasteiger partial charge in [0.15, 0.2) is 0 Å². The Balaban J connectivity index is 3.30.